The number of benzene rings is 3. The summed E-state index contributed by atoms with van der Waals surface area (Å²) in [7, 11) is 0. The molecule has 0 saturated carbocycles. The summed E-state index contributed by atoms with van der Waals surface area (Å²) in [5.74, 6) is 2.38. The normalized spacial score (nSPS) is 11.2. The molecule has 0 aliphatic carbocycles. The molecule has 1 aromatic heterocycles. The minimum absolute atomic E-state index is 0.502. The zero-order valence-corrected chi connectivity index (χ0v) is 20.0. The average Bonchev–Trinajstić information content (AvgIpc) is 3.23. The van der Waals surface area contributed by atoms with Gasteiger partial charge in [0, 0.05) is 22.8 Å². The van der Waals surface area contributed by atoms with Crippen molar-refractivity contribution in [3.8, 4) is 5.75 Å². The second-order valence-electron chi connectivity index (χ2n) is 7.43. The largest absolute Gasteiger partial charge is 0.488 e. The van der Waals surface area contributed by atoms with Crippen LogP contribution in [0, 0.1) is 0 Å². The first-order valence-electron chi connectivity index (χ1n) is 10.8. The minimum Gasteiger partial charge on any atom is -0.488 e. The van der Waals surface area contributed by atoms with Crippen LogP contribution in [0.3, 0.4) is 0 Å². The summed E-state index contributed by atoms with van der Waals surface area (Å²) in [6, 6.07) is 25.9. The van der Waals surface area contributed by atoms with Crippen LogP contribution >= 0.6 is 23.4 Å². The Balaban J connectivity index is 1.52. The van der Waals surface area contributed by atoms with Gasteiger partial charge in [0.2, 0.25) is 5.16 Å². The second kappa shape index (κ2) is 11.7. The first kappa shape index (κ1) is 23.1. The molecule has 0 amide bonds. The van der Waals surface area contributed by atoms with E-state index in [0.717, 1.165) is 51.5 Å². The van der Waals surface area contributed by atoms with Crippen molar-refractivity contribution in [3.63, 3.8) is 0 Å². The van der Waals surface area contributed by atoms with Gasteiger partial charge in [-0.05, 0) is 41.8 Å². The van der Waals surface area contributed by atoms with Crippen molar-refractivity contribution in [3.05, 3.63) is 106 Å². The van der Waals surface area contributed by atoms with E-state index in [9.17, 15) is 0 Å². The second-order valence-corrected chi connectivity index (χ2v) is 8.81. The van der Waals surface area contributed by atoms with Gasteiger partial charge in [0.25, 0.3) is 0 Å². The van der Waals surface area contributed by atoms with Gasteiger partial charge in [0.15, 0.2) is 5.82 Å². The van der Waals surface area contributed by atoms with E-state index in [2.05, 4.69) is 29.3 Å². The topological polar surface area (TPSA) is 52.3 Å². The molecule has 0 bridgehead atoms. The van der Waals surface area contributed by atoms with Crippen molar-refractivity contribution in [1.82, 2.24) is 14.9 Å². The summed E-state index contributed by atoms with van der Waals surface area (Å²) in [4.78, 5) is 0. The zero-order chi connectivity index (χ0) is 22.9. The molecule has 0 saturated heterocycles. The lowest BCUT2D eigenvalue weighted by atomic mass is 10.2. The van der Waals surface area contributed by atoms with Crippen LogP contribution in [0.4, 0.5) is 0 Å². The first-order chi connectivity index (χ1) is 16.2. The molecule has 1 heterocycles. The maximum absolute atomic E-state index is 6.07. The van der Waals surface area contributed by atoms with Crippen LogP contribution in [0.5, 0.6) is 5.75 Å². The Morgan fingerprint density at radius 3 is 2.48 bits per heavy atom. The van der Waals surface area contributed by atoms with Gasteiger partial charge in [0.1, 0.15) is 12.4 Å². The van der Waals surface area contributed by atoms with Crippen molar-refractivity contribution in [1.29, 1.82) is 0 Å². The van der Waals surface area contributed by atoms with E-state index in [1.165, 1.54) is 5.56 Å². The Morgan fingerprint density at radius 1 is 0.939 bits per heavy atom. The van der Waals surface area contributed by atoms with Crippen LogP contribution in [-0.4, -0.2) is 21.1 Å². The molecule has 5 nitrogen and oxygen atoms in total. The van der Waals surface area contributed by atoms with Crippen molar-refractivity contribution in [2.24, 2.45) is 5.10 Å². The summed E-state index contributed by atoms with van der Waals surface area (Å²) >= 11 is 7.60. The van der Waals surface area contributed by atoms with Crippen molar-refractivity contribution < 1.29 is 4.74 Å². The molecule has 7 heteroatoms. The molecule has 0 aliphatic rings. The molecule has 3 aromatic carbocycles. The highest BCUT2D eigenvalue weighted by Gasteiger charge is 2.12. The highest BCUT2D eigenvalue weighted by atomic mass is 35.5. The lowest BCUT2D eigenvalue weighted by molar-refractivity contribution is 0.306. The highest BCUT2D eigenvalue weighted by molar-refractivity contribution is 7.98. The fraction of sp³-hybridized carbons (Fsp3) is 0.192. The monoisotopic (exact) mass is 476 g/mol. The third-order valence-corrected chi connectivity index (χ3v) is 6.14. The lowest BCUT2D eigenvalue weighted by Crippen LogP contribution is -2.02. The molecule has 0 spiro atoms. The number of hydrogen-bond acceptors (Lipinski definition) is 5. The van der Waals surface area contributed by atoms with Gasteiger partial charge in [0.05, 0.1) is 6.21 Å². The number of halogens is 1. The van der Waals surface area contributed by atoms with E-state index in [-0.39, 0.29) is 0 Å². The molecule has 4 aromatic rings. The number of ether oxygens (including phenoxy) is 1. The van der Waals surface area contributed by atoms with Crippen LogP contribution in [0.2, 0.25) is 5.02 Å². The van der Waals surface area contributed by atoms with Crippen LogP contribution < -0.4 is 4.74 Å². The number of para-hydroxylation sites is 1. The van der Waals surface area contributed by atoms with Gasteiger partial charge < -0.3 is 4.74 Å². The standard InChI is InChI=1S/C26H25ClN4OS/c1-2-8-25-29-30-26(33-19-21-13-15-23(27)16-14-21)31(25)28-17-22-11-6-7-12-24(22)32-18-20-9-4-3-5-10-20/h3-7,9-17H,2,8,18-19H2,1H3/b28-17-. The molecule has 0 N–H and O–H groups in total. The van der Waals surface area contributed by atoms with Crippen LogP contribution in [0.1, 0.15) is 35.9 Å². The smallest absolute Gasteiger partial charge is 0.212 e. The molecule has 0 radical (unpaired) electrons. The molecule has 0 aliphatic heterocycles. The third kappa shape index (κ3) is 6.46. The fourth-order valence-electron chi connectivity index (χ4n) is 3.18. The number of thioether (sulfide) groups is 1. The van der Waals surface area contributed by atoms with Crippen LogP contribution in [0.15, 0.2) is 89.1 Å². The zero-order valence-electron chi connectivity index (χ0n) is 18.4. The number of hydrogen-bond donors (Lipinski definition) is 0. The summed E-state index contributed by atoms with van der Waals surface area (Å²) < 4.78 is 7.90. The van der Waals surface area contributed by atoms with E-state index in [1.54, 1.807) is 11.8 Å². The maximum atomic E-state index is 6.07. The quantitative estimate of drug-likeness (QED) is 0.190. The Morgan fingerprint density at radius 2 is 1.70 bits per heavy atom. The number of nitrogens with zero attached hydrogens (tertiary/aromatic N) is 4. The summed E-state index contributed by atoms with van der Waals surface area (Å²) in [5, 5.41) is 15.0. The van der Waals surface area contributed by atoms with Crippen LogP contribution in [0.25, 0.3) is 0 Å². The van der Waals surface area contributed by atoms with E-state index < -0.39 is 0 Å². The first-order valence-corrected chi connectivity index (χ1v) is 12.2. The fourth-order valence-corrected chi connectivity index (χ4v) is 4.17. The molecule has 33 heavy (non-hydrogen) atoms. The van der Waals surface area contributed by atoms with Crippen molar-refractivity contribution in [2.75, 3.05) is 0 Å². The third-order valence-electron chi connectivity index (χ3n) is 4.90. The number of rotatable bonds is 10. The average molecular weight is 477 g/mol. The summed E-state index contributed by atoms with van der Waals surface area (Å²) in [6.07, 6.45) is 3.58. The van der Waals surface area contributed by atoms with E-state index >= 15 is 0 Å². The maximum Gasteiger partial charge on any atom is 0.212 e. The summed E-state index contributed by atoms with van der Waals surface area (Å²) in [6.45, 7) is 2.62. The van der Waals surface area contributed by atoms with Gasteiger partial charge in [-0.2, -0.15) is 9.78 Å². The highest BCUT2D eigenvalue weighted by Crippen LogP contribution is 2.24. The molecule has 0 fully saturated rings. The van der Waals surface area contributed by atoms with Gasteiger partial charge in [-0.3, -0.25) is 0 Å². The van der Waals surface area contributed by atoms with E-state index in [0.29, 0.717) is 6.61 Å². The Hall–Kier alpha value is -3.09. The minimum atomic E-state index is 0.502. The van der Waals surface area contributed by atoms with E-state index in [4.69, 9.17) is 21.4 Å². The van der Waals surface area contributed by atoms with E-state index in [1.807, 2.05) is 77.6 Å². The predicted octanol–water partition coefficient (Wildman–Crippen LogP) is 6.64. The SMILES string of the molecule is CCCc1nnc(SCc2ccc(Cl)cc2)n1/N=C\c1ccccc1OCc1ccccc1. The Labute approximate surface area is 203 Å². The Bertz CT molecular complexity index is 1190. The molecule has 168 valence electrons. The molecule has 0 atom stereocenters. The predicted molar refractivity (Wildman–Crippen MR) is 135 cm³/mol. The molecular formula is C26H25ClN4OS. The van der Waals surface area contributed by atoms with Crippen molar-refractivity contribution >= 4 is 29.6 Å². The van der Waals surface area contributed by atoms with Crippen molar-refractivity contribution in [2.45, 2.75) is 37.3 Å². The van der Waals surface area contributed by atoms with Gasteiger partial charge in [-0.25, -0.2) is 0 Å². The molecular weight excluding hydrogens is 452 g/mol. The number of aryl methyl sites for hydroxylation is 1. The van der Waals surface area contributed by atoms with Gasteiger partial charge in [-0.1, -0.05) is 84.9 Å². The van der Waals surface area contributed by atoms with Crippen LogP contribution in [-0.2, 0) is 18.8 Å². The molecule has 4 rings (SSSR count). The molecule has 0 unspecified atom stereocenters. The van der Waals surface area contributed by atoms with Gasteiger partial charge in [-0.15, -0.1) is 10.2 Å². The number of aromatic nitrogens is 3. The van der Waals surface area contributed by atoms with Gasteiger partial charge >= 0.3 is 0 Å². The lowest BCUT2D eigenvalue weighted by Gasteiger charge is -2.09. The Kier molecular flexibility index (Phi) is 8.17. The summed E-state index contributed by atoms with van der Waals surface area (Å²) in [5.41, 5.74) is 3.19.